The van der Waals surface area contributed by atoms with Crippen LogP contribution in [-0.2, 0) is 0 Å². The molecule has 1 aliphatic heterocycles. The number of aryl methyl sites for hydroxylation is 1. The molecule has 0 spiro atoms. The molecule has 1 saturated carbocycles. The number of aromatic nitrogens is 2. The van der Waals surface area contributed by atoms with Crippen LogP contribution < -0.4 is 5.32 Å². The van der Waals surface area contributed by atoms with Crippen LogP contribution in [0.15, 0.2) is 0 Å². The van der Waals surface area contributed by atoms with Gasteiger partial charge in [-0.05, 0) is 32.3 Å². The number of hydrogen-bond donors (Lipinski definition) is 1. The fourth-order valence-corrected chi connectivity index (χ4v) is 4.87. The predicted octanol–water partition coefficient (Wildman–Crippen LogP) is 3.13. The molecule has 2 aliphatic rings. The zero-order chi connectivity index (χ0) is 17.0. The Morgan fingerprint density at radius 2 is 1.88 bits per heavy atom. The van der Waals surface area contributed by atoms with Crippen molar-refractivity contribution in [2.75, 3.05) is 36.5 Å². The maximum Gasteiger partial charge on any atom is 0.166 e. The van der Waals surface area contributed by atoms with Crippen LogP contribution in [0, 0.1) is 25.2 Å². The van der Waals surface area contributed by atoms with Crippen LogP contribution in [0.1, 0.15) is 48.9 Å². The zero-order valence-electron chi connectivity index (χ0n) is 14.8. The highest BCUT2D eigenvalue weighted by atomic mass is 32.2. The molecule has 0 amide bonds. The quantitative estimate of drug-likeness (QED) is 0.904. The van der Waals surface area contributed by atoms with Crippen LogP contribution in [0.3, 0.4) is 0 Å². The minimum absolute atomic E-state index is 0.215. The number of hydrogen-bond acceptors (Lipinski definition) is 6. The van der Waals surface area contributed by atoms with Crippen LogP contribution in [0.25, 0.3) is 0 Å². The van der Waals surface area contributed by atoms with E-state index in [1.165, 1.54) is 56.7 Å². The standard InChI is InChI=1S/C18H27N5S/c1-14-15(2)21-22-17(16(14)12-19)20-13-18(6-4-3-5-7-18)23-8-10-24-11-9-23/h3-11,13H2,1-2H3,(H,20,22). The Kier molecular flexibility index (Phi) is 5.62. The number of rotatable bonds is 4. The first kappa shape index (κ1) is 17.5. The van der Waals surface area contributed by atoms with Gasteiger partial charge in [0.1, 0.15) is 11.6 Å². The molecule has 0 unspecified atom stereocenters. The summed E-state index contributed by atoms with van der Waals surface area (Å²) in [6, 6.07) is 2.30. The van der Waals surface area contributed by atoms with Gasteiger partial charge in [0.05, 0.1) is 5.69 Å². The summed E-state index contributed by atoms with van der Waals surface area (Å²) in [6.07, 6.45) is 6.43. The van der Waals surface area contributed by atoms with Crippen LogP contribution >= 0.6 is 11.8 Å². The van der Waals surface area contributed by atoms with E-state index in [-0.39, 0.29) is 5.54 Å². The summed E-state index contributed by atoms with van der Waals surface area (Å²) < 4.78 is 0. The van der Waals surface area contributed by atoms with Gasteiger partial charge in [0.15, 0.2) is 5.82 Å². The average Bonchev–Trinajstić information content (AvgIpc) is 2.64. The van der Waals surface area contributed by atoms with E-state index < -0.39 is 0 Å². The summed E-state index contributed by atoms with van der Waals surface area (Å²) in [6.45, 7) is 7.07. The second-order valence-corrected chi connectivity index (χ2v) is 8.21. The first-order chi connectivity index (χ1) is 11.7. The molecule has 130 valence electrons. The fraction of sp³-hybridized carbons (Fsp3) is 0.722. The van der Waals surface area contributed by atoms with E-state index in [0.29, 0.717) is 11.4 Å². The third kappa shape index (κ3) is 3.52. The van der Waals surface area contributed by atoms with Crippen LogP contribution in [0.4, 0.5) is 5.82 Å². The zero-order valence-corrected chi connectivity index (χ0v) is 15.6. The van der Waals surface area contributed by atoms with E-state index >= 15 is 0 Å². The van der Waals surface area contributed by atoms with Crippen molar-refractivity contribution < 1.29 is 0 Å². The molecule has 2 heterocycles. The van der Waals surface area contributed by atoms with Crippen molar-refractivity contribution in [1.82, 2.24) is 15.1 Å². The van der Waals surface area contributed by atoms with Crippen LogP contribution in [0.2, 0.25) is 0 Å². The number of anilines is 1. The van der Waals surface area contributed by atoms with Crippen molar-refractivity contribution in [3.8, 4) is 6.07 Å². The molecular formula is C18H27N5S. The highest BCUT2D eigenvalue weighted by Crippen LogP contribution is 2.35. The maximum atomic E-state index is 9.50. The molecule has 1 N–H and O–H groups in total. The van der Waals surface area contributed by atoms with Crippen molar-refractivity contribution in [3.63, 3.8) is 0 Å². The Hall–Kier alpha value is -1.32. The lowest BCUT2D eigenvalue weighted by molar-refractivity contribution is 0.0706. The molecule has 6 heteroatoms. The maximum absolute atomic E-state index is 9.50. The van der Waals surface area contributed by atoms with E-state index in [9.17, 15) is 5.26 Å². The third-order valence-electron chi connectivity index (χ3n) is 5.62. The lowest BCUT2D eigenvalue weighted by atomic mass is 9.80. The molecule has 1 aliphatic carbocycles. The van der Waals surface area contributed by atoms with Crippen molar-refractivity contribution in [2.45, 2.75) is 51.5 Å². The summed E-state index contributed by atoms with van der Waals surface area (Å²) in [5.41, 5.74) is 2.62. The Bertz CT molecular complexity index is 613. The van der Waals surface area contributed by atoms with Gasteiger partial charge in [-0.3, -0.25) is 4.90 Å². The predicted molar refractivity (Wildman–Crippen MR) is 99.4 cm³/mol. The number of nitriles is 1. The first-order valence-corrected chi connectivity index (χ1v) is 10.1. The summed E-state index contributed by atoms with van der Waals surface area (Å²) in [4.78, 5) is 2.69. The molecule has 5 nitrogen and oxygen atoms in total. The molecule has 0 radical (unpaired) electrons. The van der Waals surface area contributed by atoms with Crippen molar-refractivity contribution >= 4 is 17.6 Å². The molecule has 0 bridgehead atoms. The lowest BCUT2D eigenvalue weighted by Gasteiger charge is -2.48. The van der Waals surface area contributed by atoms with Gasteiger partial charge in [-0.2, -0.15) is 22.1 Å². The van der Waals surface area contributed by atoms with Crippen LogP contribution in [-0.4, -0.2) is 51.8 Å². The fourth-order valence-electron chi connectivity index (χ4n) is 3.97. The first-order valence-electron chi connectivity index (χ1n) is 8.97. The second-order valence-electron chi connectivity index (χ2n) is 6.98. The molecule has 2 fully saturated rings. The van der Waals surface area contributed by atoms with Crippen molar-refractivity contribution in [2.24, 2.45) is 0 Å². The van der Waals surface area contributed by atoms with E-state index in [2.05, 4.69) is 38.2 Å². The molecule has 1 aromatic heterocycles. The molecule has 24 heavy (non-hydrogen) atoms. The highest BCUT2D eigenvalue weighted by Gasteiger charge is 2.38. The molecular weight excluding hydrogens is 318 g/mol. The highest BCUT2D eigenvalue weighted by molar-refractivity contribution is 7.99. The van der Waals surface area contributed by atoms with Gasteiger partial charge in [0.2, 0.25) is 0 Å². The van der Waals surface area contributed by atoms with Gasteiger partial charge in [-0.25, -0.2) is 0 Å². The second kappa shape index (κ2) is 7.71. The van der Waals surface area contributed by atoms with Crippen molar-refractivity contribution in [1.29, 1.82) is 5.26 Å². The van der Waals surface area contributed by atoms with Gasteiger partial charge < -0.3 is 5.32 Å². The molecule has 0 atom stereocenters. The van der Waals surface area contributed by atoms with Gasteiger partial charge >= 0.3 is 0 Å². The Balaban J connectivity index is 1.79. The number of nitrogens with zero attached hydrogens (tertiary/aromatic N) is 4. The Morgan fingerprint density at radius 3 is 2.54 bits per heavy atom. The van der Waals surface area contributed by atoms with E-state index in [1.807, 2.05) is 13.8 Å². The minimum atomic E-state index is 0.215. The summed E-state index contributed by atoms with van der Waals surface area (Å²) in [5, 5.41) is 21.5. The van der Waals surface area contributed by atoms with Gasteiger partial charge in [-0.15, -0.1) is 5.10 Å². The number of thioether (sulfide) groups is 1. The van der Waals surface area contributed by atoms with Crippen molar-refractivity contribution in [3.05, 3.63) is 16.8 Å². The third-order valence-corrected chi connectivity index (χ3v) is 6.56. The Labute approximate surface area is 149 Å². The smallest absolute Gasteiger partial charge is 0.166 e. The largest absolute Gasteiger partial charge is 0.366 e. The van der Waals surface area contributed by atoms with Gasteiger partial charge in [0.25, 0.3) is 0 Å². The molecule has 3 rings (SSSR count). The summed E-state index contributed by atoms with van der Waals surface area (Å²) >= 11 is 2.06. The topological polar surface area (TPSA) is 64.8 Å². The molecule has 1 aromatic rings. The van der Waals surface area contributed by atoms with E-state index in [0.717, 1.165) is 17.8 Å². The molecule has 0 aromatic carbocycles. The van der Waals surface area contributed by atoms with E-state index in [1.54, 1.807) is 0 Å². The molecule has 1 saturated heterocycles. The Morgan fingerprint density at radius 1 is 1.17 bits per heavy atom. The van der Waals surface area contributed by atoms with Gasteiger partial charge in [0, 0.05) is 36.7 Å². The van der Waals surface area contributed by atoms with Crippen LogP contribution in [0.5, 0.6) is 0 Å². The number of nitrogens with one attached hydrogen (secondary N) is 1. The SMILES string of the molecule is Cc1nnc(NCC2(N3CCSCC3)CCCCC2)c(C#N)c1C. The minimum Gasteiger partial charge on any atom is -0.366 e. The lowest BCUT2D eigenvalue weighted by Crippen LogP contribution is -2.57. The summed E-state index contributed by atoms with van der Waals surface area (Å²) in [5.74, 6) is 3.11. The van der Waals surface area contributed by atoms with Gasteiger partial charge in [-0.1, -0.05) is 19.3 Å². The monoisotopic (exact) mass is 345 g/mol. The van der Waals surface area contributed by atoms with E-state index in [4.69, 9.17) is 0 Å². The summed E-state index contributed by atoms with van der Waals surface area (Å²) in [7, 11) is 0. The average molecular weight is 346 g/mol. The normalized spacial score (nSPS) is 21.2.